The van der Waals surface area contributed by atoms with Gasteiger partial charge in [-0.2, -0.15) is 4.31 Å². The maximum absolute atomic E-state index is 13.4. The normalized spacial score (nSPS) is 12.5. The second-order valence-corrected chi connectivity index (χ2v) is 11.6. The van der Waals surface area contributed by atoms with Crippen LogP contribution in [0.3, 0.4) is 0 Å². The minimum absolute atomic E-state index is 0.0236. The van der Waals surface area contributed by atoms with Crippen molar-refractivity contribution < 1.29 is 13.2 Å². The number of amides is 1. The molecule has 0 aliphatic rings. The molecule has 0 aliphatic carbocycles. The number of nitrogens with one attached hydrogen (secondary N) is 1. The molecule has 0 aromatic heterocycles. The molecule has 10 heteroatoms. The summed E-state index contributed by atoms with van der Waals surface area (Å²) in [5, 5.41) is 4.03. The molecule has 3 aromatic rings. The van der Waals surface area contributed by atoms with Crippen LogP contribution in [0.2, 0.25) is 15.1 Å². The number of carbonyl (C=O) groups is 1. The van der Waals surface area contributed by atoms with E-state index in [1.165, 1.54) is 30.3 Å². The first-order valence-electron chi connectivity index (χ1n) is 10.2. The van der Waals surface area contributed by atoms with Crippen molar-refractivity contribution in [3.8, 4) is 0 Å². The van der Waals surface area contributed by atoms with Crippen molar-refractivity contribution in [3.05, 3.63) is 92.9 Å². The summed E-state index contributed by atoms with van der Waals surface area (Å²) in [5.74, 6) is -0.441. The van der Waals surface area contributed by atoms with E-state index in [4.69, 9.17) is 34.8 Å². The molecule has 180 valence electrons. The Morgan fingerprint density at radius 1 is 0.971 bits per heavy atom. The van der Waals surface area contributed by atoms with Gasteiger partial charge >= 0.3 is 0 Å². The maximum atomic E-state index is 13.4. The standard InChI is InChI=1S/C24H23Cl3N2O3S2/c1-16(17-4-9-21(33-2)10-5-17)28-24(30)15-29(14-18-3-6-20(26)13-23(18)27)34(31,32)22-11-7-19(25)8-12-22/h3-13,16H,14-15H2,1-2H3,(H,28,30)/t16-/m0/s1. The van der Waals surface area contributed by atoms with Gasteiger partial charge in [0.1, 0.15) is 0 Å². The van der Waals surface area contributed by atoms with Crippen LogP contribution in [0.4, 0.5) is 0 Å². The minimum atomic E-state index is -4.03. The van der Waals surface area contributed by atoms with Gasteiger partial charge in [0, 0.05) is 26.5 Å². The van der Waals surface area contributed by atoms with E-state index in [1.807, 2.05) is 37.4 Å². The lowest BCUT2D eigenvalue weighted by Gasteiger charge is -2.24. The monoisotopic (exact) mass is 556 g/mol. The van der Waals surface area contributed by atoms with Gasteiger partial charge in [-0.1, -0.05) is 53.0 Å². The van der Waals surface area contributed by atoms with E-state index in [9.17, 15) is 13.2 Å². The van der Waals surface area contributed by atoms with Crippen molar-refractivity contribution in [1.82, 2.24) is 9.62 Å². The van der Waals surface area contributed by atoms with Crippen LogP contribution in [0.5, 0.6) is 0 Å². The molecule has 1 amide bonds. The molecule has 3 aromatic carbocycles. The zero-order chi connectivity index (χ0) is 24.9. The Labute approximate surface area is 219 Å². The Morgan fingerprint density at radius 3 is 2.18 bits per heavy atom. The molecule has 0 heterocycles. The third kappa shape index (κ3) is 6.90. The van der Waals surface area contributed by atoms with Crippen LogP contribution < -0.4 is 5.32 Å². The summed E-state index contributed by atoms with van der Waals surface area (Å²) < 4.78 is 27.9. The zero-order valence-electron chi connectivity index (χ0n) is 18.5. The lowest BCUT2D eigenvalue weighted by atomic mass is 10.1. The van der Waals surface area contributed by atoms with Crippen LogP contribution in [-0.4, -0.2) is 31.4 Å². The first-order chi connectivity index (χ1) is 16.1. The minimum Gasteiger partial charge on any atom is -0.348 e. The van der Waals surface area contributed by atoms with Gasteiger partial charge in [0.25, 0.3) is 0 Å². The molecule has 3 rings (SSSR count). The van der Waals surface area contributed by atoms with Gasteiger partial charge in [-0.25, -0.2) is 8.42 Å². The van der Waals surface area contributed by atoms with Crippen molar-refractivity contribution in [2.24, 2.45) is 0 Å². The third-order valence-electron chi connectivity index (χ3n) is 5.13. The Morgan fingerprint density at radius 2 is 1.59 bits per heavy atom. The first-order valence-corrected chi connectivity index (χ1v) is 14.0. The average Bonchev–Trinajstić information content (AvgIpc) is 2.80. The highest BCUT2D eigenvalue weighted by molar-refractivity contribution is 7.98. The molecule has 0 bridgehead atoms. The fourth-order valence-corrected chi connectivity index (χ4v) is 5.62. The Balaban J connectivity index is 1.84. The maximum Gasteiger partial charge on any atom is 0.243 e. The van der Waals surface area contributed by atoms with Crippen LogP contribution in [0.15, 0.2) is 76.5 Å². The summed E-state index contributed by atoms with van der Waals surface area (Å²) in [6.45, 7) is 1.35. The summed E-state index contributed by atoms with van der Waals surface area (Å²) in [6.07, 6.45) is 1.99. The predicted octanol–water partition coefficient (Wildman–Crippen LogP) is 6.44. The SMILES string of the molecule is CSc1ccc([C@H](C)NC(=O)CN(Cc2ccc(Cl)cc2Cl)S(=O)(=O)c2ccc(Cl)cc2)cc1. The van der Waals surface area contributed by atoms with Crippen molar-refractivity contribution in [2.75, 3.05) is 12.8 Å². The van der Waals surface area contributed by atoms with E-state index >= 15 is 0 Å². The zero-order valence-corrected chi connectivity index (χ0v) is 22.4. The Hall–Kier alpha value is -1.74. The topological polar surface area (TPSA) is 66.5 Å². The van der Waals surface area contributed by atoms with Gasteiger partial charge < -0.3 is 5.32 Å². The van der Waals surface area contributed by atoms with Gasteiger partial charge in [0.05, 0.1) is 17.5 Å². The summed E-state index contributed by atoms with van der Waals surface area (Å²) in [6, 6.07) is 18.1. The summed E-state index contributed by atoms with van der Waals surface area (Å²) in [5.41, 5.74) is 1.44. The molecule has 0 saturated heterocycles. The second-order valence-electron chi connectivity index (χ2n) is 7.53. The lowest BCUT2D eigenvalue weighted by molar-refractivity contribution is -0.122. The van der Waals surface area contributed by atoms with E-state index < -0.39 is 22.5 Å². The molecule has 5 nitrogen and oxygen atoms in total. The van der Waals surface area contributed by atoms with E-state index in [0.29, 0.717) is 20.6 Å². The highest BCUT2D eigenvalue weighted by Gasteiger charge is 2.28. The van der Waals surface area contributed by atoms with E-state index in [-0.39, 0.29) is 17.5 Å². The molecule has 0 spiro atoms. The molecule has 0 fully saturated rings. The number of halogens is 3. The predicted molar refractivity (Wildman–Crippen MR) is 140 cm³/mol. The van der Waals surface area contributed by atoms with Crippen molar-refractivity contribution in [2.45, 2.75) is 29.3 Å². The summed E-state index contributed by atoms with van der Waals surface area (Å²) in [4.78, 5) is 14.1. The molecular formula is C24H23Cl3N2O3S2. The largest absolute Gasteiger partial charge is 0.348 e. The van der Waals surface area contributed by atoms with Gasteiger partial charge in [0.15, 0.2) is 0 Å². The summed E-state index contributed by atoms with van der Waals surface area (Å²) >= 11 is 19.8. The third-order valence-corrected chi connectivity index (χ3v) is 8.51. The quantitative estimate of drug-likeness (QED) is 0.308. The molecule has 1 N–H and O–H groups in total. The van der Waals surface area contributed by atoms with Gasteiger partial charge in [0.2, 0.25) is 15.9 Å². The van der Waals surface area contributed by atoms with Gasteiger partial charge in [-0.15, -0.1) is 11.8 Å². The molecule has 1 atom stereocenters. The number of thioether (sulfide) groups is 1. The highest BCUT2D eigenvalue weighted by Crippen LogP contribution is 2.26. The van der Waals surface area contributed by atoms with Crippen LogP contribution in [0.1, 0.15) is 24.1 Å². The Kier molecular flexibility index (Phi) is 9.32. The van der Waals surface area contributed by atoms with Crippen LogP contribution in [0, 0.1) is 0 Å². The number of benzene rings is 3. The number of hydrogen-bond acceptors (Lipinski definition) is 4. The molecule has 0 aliphatic heterocycles. The summed E-state index contributed by atoms with van der Waals surface area (Å²) in [7, 11) is -4.03. The fraction of sp³-hybridized carbons (Fsp3) is 0.208. The first kappa shape index (κ1) is 26.9. The molecule has 0 radical (unpaired) electrons. The number of hydrogen-bond donors (Lipinski definition) is 1. The second kappa shape index (κ2) is 11.8. The number of sulfonamides is 1. The smallest absolute Gasteiger partial charge is 0.243 e. The van der Waals surface area contributed by atoms with Gasteiger partial charge in [-0.05, 0) is 72.8 Å². The van der Waals surface area contributed by atoms with E-state index in [1.54, 1.807) is 23.9 Å². The molecular weight excluding hydrogens is 535 g/mol. The fourth-order valence-electron chi connectivity index (χ4n) is 3.24. The lowest BCUT2D eigenvalue weighted by Crippen LogP contribution is -2.41. The number of carbonyl (C=O) groups excluding carboxylic acids is 1. The Bertz CT molecular complexity index is 1250. The number of rotatable bonds is 9. The van der Waals surface area contributed by atoms with Crippen molar-refractivity contribution >= 4 is 62.5 Å². The average molecular weight is 558 g/mol. The highest BCUT2D eigenvalue weighted by atomic mass is 35.5. The van der Waals surface area contributed by atoms with Crippen molar-refractivity contribution in [3.63, 3.8) is 0 Å². The van der Waals surface area contributed by atoms with Crippen LogP contribution >= 0.6 is 46.6 Å². The van der Waals surface area contributed by atoms with Crippen LogP contribution in [-0.2, 0) is 21.4 Å². The van der Waals surface area contributed by atoms with Crippen molar-refractivity contribution in [1.29, 1.82) is 0 Å². The molecule has 34 heavy (non-hydrogen) atoms. The van der Waals surface area contributed by atoms with Crippen LogP contribution in [0.25, 0.3) is 0 Å². The molecule has 0 saturated carbocycles. The van der Waals surface area contributed by atoms with E-state index in [2.05, 4.69) is 5.32 Å². The van der Waals surface area contributed by atoms with E-state index in [0.717, 1.165) is 14.8 Å². The molecule has 0 unspecified atom stereocenters. The van der Waals surface area contributed by atoms with Gasteiger partial charge in [-0.3, -0.25) is 4.79 Å². The number of nitrogens with zero attached hydrogens (tertiary/aromatic N) is 1.